The molecule has 1 amide bonds. The highest BCUT2D eigenvalue weighted by Gasteiger charge is 2.67. The van der Waals surface area contributed by atoms with Crippen molar-refractivity contribution in [2.45, 2.75) is 42.7 Å². The van der Waals surface area contributed by atoms with Gasteiger partial charge in [-0.3, -0.25) is 4.79 Å². The van der Waals surface area contributed by atoms with E-state index in [2.05, 4.69) is 28.7 Å². The van der Waals surface area contributed by atoms with Crippen molar-refractivity contribution in [1.29, 1.82) is 0 Å². The van der Waals surface area contributed by atoms with Gasteiger partial charge in [0.05, 0.1) is 6.61 Å². The summed E-state index contributed by atoms with van der Waals surface area (Å²) in [5.74, 6) is -14.6. The highest BCUT2D eigenvalue weighted by Crippen LogP contribution is 2.41. The lowest BCUT2D eigenvalue weighted by Gasteiger charge is -2.34. The van der Waals surface area contributed by atoms with Crippen molar-refractivity contribution in [1.82, 2.24) is 5.32 Å². The first kappa shape index (κ1) is 27.3. The first-order chi connectivity index (χ1) is 12.7. The number of hydrogen-bond donors (Lipinski definition) is 2. The maximum Gasteiger partial charge on any atom is 0.466 e. The first-order valence-electron chi connectivity index (χ1n) is 7.09. The standard InChI is InChI=1S/C13H13F10NO4S/c1-6(2)7(25)28-11(12(19,20)21,8(26)24-5-10(16,17)18)27-4-3-9(14,15)13(22,23)29/h29H,1,3-5H2,2H3,(H,24,26). The highest BCUT2D eigenvalue weighted by atomic mass is 32.1. The molecule has 0 spiro atoms. The molecule has 0 aromatic rings. The highest BCUT2D eigenvalue weighted by molar-refractivity contribution is 7.81. The molecule has 16 heteroatoms. The predicted octanol–water partition coefficient (Wildman–Crippen LogP) is 3.61. The van der Waals surface area contributed by atoms with E-state index in [9.17, 15) is 53.5 Å². The number of carbonyl (C=O) groups excluding carboxylic acids is 2. The van der Waals surface area contributed by atoms with E-state index in [1.807, 2.05) is 0 Å². The molecule has 170 valence electrons. The molecule has 1 atom stereocenters. The lowest BCUT2D eigenvalue weighted by molar-refractivity contribution is -0.349. The SMILES string of the molecule is C=C(C)C(=O)OC(OCCC(F)(F)C(F)(F)S)(C(=O)NCC(F)(F)F)C(F)(F)F. The van der Waals surface area contributed by atoms with Crippen molar-refractivity contribution in [3.05, 3.63) is 12.2 Å². The van der Waals surface area contributed by atoms with Gasteiger partial charge in [-0.1, -0.05) is 19.2 Å². The Morgan fingerprint density at radius 3 is 1.83 bits per heavy atom. The van der Waals surface area contributed by atoms with E-state index < -0.39 is 66.3 Å². The third-order valence-corrected chi connectivity index (χ3v) is 3.19. The minimum Gasteiger partial charge on any atom is -0.412 e. The number of amides is 1. The Morgan fingerprint density at radius 2 is 1.48 bits per heavy atom. The van der Waals surface area contributed by atoms with Crippen LogP contribution in [0.5, 0.6) is 0 Å². The number of alkyl halides is 10. The summed E-state index contributed by atoms with van der Waals surface area (Å²) in [5.41, 5.74) is -0.780. The van der Waals surface area contributed by atoms with Crippen LogP contribution in [-0.2, 0) is 19.1 Å². The van der Waals surface area contributed by atoms with E-state index in [0.717, 1.165) is 12.2 Å². The van der Waals surface area contributed by atoms with E-state index in [0.29, 0.717) is 0 Å². The quantitative estimate of drug-likeness (QED) is 0.178. The van der Waals surface area contributed by atoms with Crippen LogP contribution in [0.4, 0.5) is 43.9 Å². The van der Waals surface area contributed by atoms with Gasteiger partial charge < -0.3 is 14.8 Å². The molecule has 29 heavy (non-hydrogen) atoms. The molecule has 1 N–H and O–H groups in total. The maximum atomic E-state index is 13.4. The van der Waals surface area contributed by atoms with Crippen LogP contribution in [0.1, 0.15) is 13.3 Å². The molecule has 0 aliphatic rings. The zero-order valence-corrected chi connectivity index (χ0v) is 15.1. The number of halogens is 10. The Morgan fingerprint density at radius 1 is 1.00 bits per heavy atom. The van der Waals surface area contributed by atoms with Crippen LogP contribution in [0.15, 0.2) is 12.2 Å². The van der Waals surface area contributed by atoms with Crippen molar-refractivity contribution in [2.24, 2.45) is 0 Å². The van der Waals surface area contributed by atoms with Crippen molar-refractivity contribution in [3.8, 4) is 0 Å². The first-order valence-corrected chi connectivity index (χ1v) is 7.53. The van der Waals surface area contributed by atoms with Gasteiger partial charge in [0.25, 0.3) is 0 Å². The number of rotatable bonds is 9. The van der Waals surface area contributed by atoms with Crippen molar-refractivity contribution in [2.75, 3.05) is 13.2 Å². The molecule has 0 bridgehead atoms. The second-order valence-corrected chi connectivity index (χ2v) is 5.99. The van der Waals surface area contributed by atoms with Crippen LogP contribution in [0.2, 0.25) is 0 Å². The fourth-order valence-corrected chi connectivity index (χ4v) is 1.51. The Balaban J connectivity index is 5.89. The van der Waals surface area contributed by atoms with Gasteiger partial charge in [-0.2, -0.15) is 43.9 Å². The van der Waals surface area contributed by atoms with Gasteiger partial charge in [0, 0.05) is 12.0 Å². The summed E-state index contributed by atoms with van der Waals surface area (Å²) >= 11 is 2.26. The molecule has 0 fully saturated rings. The Kier molecular flexibility index (Phi) is 8.44. The monoisotopic (exact) mass is 469 g/mol. The average molecular weight is 469 g/mol. The molecule has 0 aliphatic heterocycles. The van der Waals surface area contributed by atoms with E-state index in [-0.39, 0.29) is 0 Å². The van der Waals surface area contributed by atoms with Gasteiger partial charge in [0.15, 0.2) is 0 Å². The fraction of sp³-hybridized carbons (Fsp3) is 0.692. The lowest BCUT2D eigenvalue weighted by Crippen LogP contribution is -2.62. The Labute approximate surface area is 161 Å². The predicted molar refractivity (Wildman–Crippen MR) is 78.2 cm³/mol. The number of hydrogen-bond acceptors (Lipinski definition) is 5. The molecule has 0 saturated carbocycles. The molecular weight excluding hydrogens is 456 g/mol. The number of nitrogens with one attached hydrogen (secondary N) is 1. The second-order valence-electron chi connectivity index (χ2n) is 5.43. The van der Waals surface area contributed by atoms with Crippen LogP contribution < -0.4 is 5.32 Å². The maximum absolute atomic E-state index is 13.4. The minimum absolute atomic E-state index is 0.726. The van der Waals surface area contributed by atoms with Crippen LogP contribution in [0.3, 0.4) is 0 Å². The summed E-state index contributed by atoms with van der Waals surface area (Å²) in [4.78, 5) is 23.2. The van der Waals surface area contributed by atoms with Gasteiger partial charge in [-0.05, 0) is 6.92 Å². The van der Waals surface area contributed by atoms with Crippen LogP contribution >= 0.6 is 12.6 Å². The van der Waals surface area contributed by atoms with E-state index in [1.54, 1.807) is 0 Å². The van der Waals surface area contributed by atoms with Gasteiger partial charge in [-0.15, -0.1) is 0 Å². The zero-order valence-electron chi connectivity index (χ0n) is 14.2. The number of thiol groups is 1. The van der Waals surface area contributed by atoms with E-state index >= 15 is 0 Å². The molecule has 0 aromatic carbocycles. The number of carbonyl (C=O) groups is 2. The van der Waals surface area contributed by atoms with Gasteiger partial charge in [0.2, 0.25) is 0 Å². The Hall–Kier alpha value is -1.71. The van der Waals surface area contributed by atoms with Crippen molar-refractivity contribution >= 4 is 24.5 Å². The van der Waals surface area contributed by atoms with Crippen molar-refractivity contribution < 1.29 is 63.0 Å². The Bertz CT molecular complexity index is 629. The molecule has 0 heterocycles. The third kappa shape index (κ3) is 7.56. The smallest absolute Gasteiger partial charge is 0.412 e. The zero-order chi connectivity index (χ0) is 23.5. The molecule has 1 unspecified atom stereocenters. The minimum atomic E-state index is -6.10. The number of esters is 1. The summed E-state index contributed by atoms with van der Waals surface area (Å²) in [6.45, 7) is -0.676. The molecule has 0 aliphatic carbocycles. The molecule has 5 nitrogen and oxygen atoms in total. The molecule has 0 aromatic heterocycles. The second kappa shape index (κ2) is 8.97. The molecule has 0 radical (unpaired) electrons. The summed E-state index contributed by atoms with van der Waals surface area (Å²) in [7, 11) is 0. The van der Waals surface area contributed by atoms with E-state index in [4.69, 9.17) is 0 Å². The molecule has 0 rings (SSSR count). The van der Waals surface area contributed by atoms with Crippen molar-refractivity contribution in [3.63, 3.8) is 0 Å². The summed E-state index contributed by atoms with van der Waals surface area (Å²) < 4.78 is 136. The van der Waals surface area contributed by atoms with Crippen LogP contribution in [-0.4, -0.2) is 54.3 Å². The molecule has 0 saturated heterocycles. The summed E-state index contributed by atoms with van der Waals surface area (Å²) in [5, 5.41) is -4.28. The van der Waals surface area contributed by atoms with Gasteiger partial charge in [-0.25, -0.2) is 4.79 Å². The summed E-state index contributed by atoms with van der Waals surface area (Å²) in [6.07, 6.45) is -13.5. The van der Waals surface area contributed by atoms with E-state index in [1.165, 1.54) is 0 Å². The average Bonchev–Trinajstić information content (AvgIpc) is 2.47. The normalized spacial score (nSPS) is 15.4. The topological polar surface area (TPSA) is 64.6 Å². The molecular formula is C13H13F10NO4S. The third-order valence-electron chi connectivity index (χ3n) is 2.87. The number of ether oxygens (including phenoxy) is 2. The van der Waals surface area contributed by atoms with Gasteiger partial charge in [0.1, 0.15) is 6.54 Å². The summed E-state index contributed by atoms with van der Waals surface area (Å²) in [6, 6.07) is 0. The van der Waals surface area contributed by atoms with Crippen LogP contribution in [0.25, 0.3) is 0 Å². The largest absolute Gasteiger partial charge is 0.466 e. The lowest BCUT2D eigenvalue weighted by atomic mass is 10.2. The van der Waals surface area contributed by atoms with Gasteiger partial charge >= 0.3 is 41.2 Å². The van der Waals surface area contributed by atoms with Crippen LogP contribution in [0, 0.1) is 0 Å². The fourth-order valence-electron chi connectivity index (χ4n) is 1.40.